The molecule has 0 aromatic rings. The fourth-order valence-corrected chi connectivity index (χ4v) is 1.63. The van der Waals surface area contributed by atoms with Crippen LogP contribution < -0.4 is 5.73 Å². The second kappa shape index (κ2) is 5.40. The molecule has 1 heterocycles. The standard InChI is InChI=1S/C11H16N2O2/c1-2-3-4-5-6-10(14)13-8-7-9(13)11(12)15/h1,9H,3-8H2,(H2,12,15). The number of rotatable bonds is 5. The van der Waals surface area contributed by atoms with Crippen LogP contribution in [0.15, 0.2) is 0 Å². The van der Waals surface area contributed by atoms with Crippen molar-refractivity contribution in [1.29, 1.82) is 0 Å². The zero-order valence-corrected chi connectivity index (χ0v) is 8.74. The molecule has 1 unspecified atom stereocenters. The Balaban J connectivity index is 2.23. The molecule has 1 aliphatic rings. The van der Waals surface area contributed by atoms with E-state index in [2.05, 4.69) is 5.92 Å². The molecule has 4 heteroatoms. The summed E-state index contributed by atoms with van der Waals surface area (Å²) < 4.78 is 0. The lowest BCUT2D eigenvalue weighted by Crippen LogP contribution is -2.57. The number of carbonyl (C=O) groups is 2. The predicted molar refractivity (Wildman–Crippen MR) is 56.6 cm³/mol. The summed E-state index contributed by atoms with van der Waals surface area (Å²) >= 11 is 0. The first-order valence-electron chi connectivity index (χ1n) is 5.19. The van der Waals surface area contributed by atoms with Crippen molar-refractivity contribution in [2.45, 2.75) is 38.1 Å². The quantitative estimate of drug-likeness (QED) is 0.520. The van der Waals surface area contributed by atoms with Gasteiger partial charge in [-0.15, -0.1) is 12.3 Å². The van der Waals surface area contributed by atoms with Gasteiger partial charge in [0.05, 0.1) is 0 Å². The van der Waals surface area contributed by atoms with Gasteiger partial charge in [0.1, 0.15) is 6.04 Å². The summed E-state index contributed by atoms with van der Waals surface area (Å²) in [6, 6.07) is -0.370. The molecular formula is C11H16N2O2. The van der Waals surface area contributed by atoms with Crippen LogP contribution in [0.25, 0.3) is 0 Å². The van der Waals surface area contributed by atoms with Crippen LogP contribution in [0.2, 0.25) is 0 Å². The van der Waals surface area contributed by atoms with E-state index in [0.29, 0.717) is 25.8 Å². The molecule has 2 amide bonds. The molecule has 0 aliphatic carbocycles. The molecule has 0 radical (unpaired) electrons. The lowest BCUT2D eigenvalue weighted by Gasteiger charge is -2.38. The summed E-state index contributed by atoms with van der Waals surface area (Å²) in [4.78, 5) is 24.0. The zero-order chi connectivity index (χ0) is 11.3. The number of amides is 2. The van der Waals surface area contributed by atoms with Gasteiger partial charge in [-0.25, -0.2) is 0 Å². The van der Waals surface area contributed by atoms with E-state index >= 15 is 0 Å². The highest BCUT2D eigenvalue weighted by Crippen LogP contribution is 2.18. The van der Waals surface area contributed by atoms with Crippen LogP contribution in [-0.4, -0.2) is 29.3 Å². The van der Waals surface area contributed by atoms with Gasteiger partial charge < -0.3 is 10.6 Å². The Morgan fingerprint density at radius 2 is 2.20 bits per heavy atom. The summed E-state index contributed by atoms with van der Waals surface area (Å²) in [7, 11) is 0. The number of carbonyl (C=O) groups excluding carboxylic acids is 2. The Bertz CT molecular complexity index is 293. The fraction of sp³-hybridized carbons (Fsp3) is 0.636. The first kappa shape index (κ1) is 11.6. The molecule has 0 aromatic carbocycles. The highest BCUT2D eigenvalue weighted by molar-refractivity contribution is 5.88. The van der Waals surface area contributed by atoms with Crippen LogP contribution in [0.3, 0.4) is 0 Å². The van der Waals surface area contributed by atoms with Gasteiger partial charge in [0, 0.05) is 19.4 Å². The maximum absolute atomic E-state index is 11.6. The Morgan fingerprint density at radius 3 is 2.67 bits per heavy atom. The molecule has 1 saturated heterocycles. The molecule has 15 heavy (non-hydrogen) atoms. The minimum Gasteiger partial charge on any atom is -0.368 e. The van der Waals surface area contributed by atoms with Crippen LogP contribution in [0.4, 0.5) is 0 Å². The lowest BCUT2D eigenvalue weighted by molar-refractivity contribution is -0.146. The van der Waals surface area contributed by atoms with Crippen molar-refractivity contribution < 1.29 is 9.59 Å². The fourth-order valence-electron chi connectivity index (χ4n) is 1.63. The van der Waals surface area contributed by atoms with Gasteiger partial charge in [-0.1, -0.05) is 0 Å². The molecule has 0 aromatic heterocycles. The van der Waals surface area contributed by atoms with Crippen molar-refractivity contribution >= 4 is 11.8 Å². The van der Waals surface area contributed by atoms with Gasteiger partial charge >= 0.3 is 0 Å². The van der Waals surface area contributed by atoms with E-state index in [-0.39, 0.29) is 11.9 Å². The molecule has 0 saturated carbocycles. The van der Waals surface area contributed by atoms with E-state index in [1.54, 1.807) is 4.90 Å². The Hall–Kier alpha value is -1.50. The zero-order valence-electron chi connectivity index (χ0n) is 8.74. The molecule has 1 aliphatic heterocycles. The lowest BCUT2D eigenvalue weighted by atomic mass is 10.0. The second-order valence-corrected chi connectivity index (χ2v) is 3.71. The van der Waals surface area contributed by atoms with Crippen molar-refractivity contribution in [1.82, 2.24) is 4.90 Å². The Kier molecular flexibility index (Phi) is 4.17. The van der Waals surface area contributed by atoms with Crippen molar-refractivity contribution in [2.75, 3.05) is 6.54 Å². The van der Waals surface area contributed by atoms with E-state index in [4.69, 9.17) is 12.2 Å². The third kappa shape index (κ3) is 2.98. The number of terminal acetylenes is 1. The van der Waals surface area contributed by atoms with Gasteiger partial charge in [-0.2, -0.15) is 0 Å². The van der Waals surface area contributed by atoms with Gasteiger partial charge in [0.2, 0.25) is 11.8 Å². The van der Waals surface area contributed by atoms with Crippen LogP contribution in [0, 0.1) is 12.3 Å². The number of unbranched alkanes of at least 4 members (excludes halogenated alkanes) is 2. The minimum atomic E-state index is -0.404. The molecule has 2 N–H and O–H groups in total. The molecule has 1 fully saturated rings. The largest absolute Gasteiger partial charge is 0.368 e. The molecule has 0 spiro atoms. The highest BCUT2D eigenvalue weighted by Gasteiger charge is 2.35. The summed E-state index contributed by atoms with van der Waals surface area (Å²) in [5.74, 6) is 2.14. The summed E-state index contributed by atoms with van der Waals surface area (Å²) in [5.41, 5.74) is 5.14. The maximum Gasteiger partial charge on any atom is 0.240 e. The van der Waals surface area contributed by atoms with E-state index in [1.165, 1.54) is 0 Å². The molecule has 1 rings (SSSR count). The highest BCUT2D eigenvalue weighted by atomic mass is 16.2. The van der Waals surface area contributed by atoms with Crippen LogP contribution >= 0.6 is 0 Å². The molecule has 0 bridgehead atoms. The molecule has 4 nitrogen and oxygen atoms in total. The van der Waals surface area contributed by atoms with Gasteiger partial charge in [0.25, 0.3) is 0 Å². The average molecular weight is 208 g/mol. The van der Waals surface area contributed by atoms with E-state index in [9.17, 15) is 9.59 Å². The van der Waals surface area contributed by atoms with Crippen LogP contribution in [0.1, 0.15) is 32.1 Å². The average Bonchev–Trinajstić information content (AvgIpc) is 2.09. The van der Waals surface area contributed by atoms with E-state index in [0.717, 1.165) is 12.8 Å². The molecule has 1 atom stereocenters. The maximum atomic E-state index is 11.6. The van der Waals surface area contributed by atoms with Crippen LogP contribution in [0.5, 0.6) is 0 Å². The topological polar surface area (TPSA) is 63.4 Å². The van der Waals surface area contributed by atoms with Crippen molar-refractivity contribution in [3.8, 4) is 12.3 Å². The third-order valence-electron chi connectivity index (χ3n) is 2.63. The monoisotopic (exact) mass is 208 g/mol. The first-order valence-corrected chi connectivity index (χ1v) is 5.19. The normalized spacial score (nSPS) is 19.1. The number of likely N-dealkylation sites (tertiary alicyclic amines) is 1. The van der Waals surface area contributed by atoms with Crippen molar-refractivity contribution in [3.05, 3.63) is 0 Å². The SMILES string of the molecule is C#CCCCCC(=O)N1CCC1C(N)=O. The molecule has 82 valence electrons. The van der Waals surface area contributed by atoms with E-state index in [1.807, 2.05) is 0 Å². The summed E-state index contributed by atoms with van der Waals surface area (Å²) in [6.45, 7) is 0.654. The number of hydrogen-bond donors (Lipinski definition) is 1. The van der Waals surface area contributed by atoms with Crippen molar-refractivity contribution in [3.63, 3.8) is 0 Å². The third-order valence-corrected chi connectivity index (χ3v) is 2.63. The van der Waals surface area contributed by atoms with Gasteiger partial charge in [0.15, 0.2) is 0 Å². The summed E-state index contributed by atoms with van der Waals surface area (Å²) in [6.07, 6.45) is 8.60. The first-order chi connectivity index (χ1) is 7.16. The van der Waals surface area contributed by atoms with Gasteiger partial charge in [-0.3, -0.25) is 9.59 Å². The van der Waals surface area contributed by atoms with Crippen LogP contribution in [-0.2, 0) is 9.59 Å². The second-order valence-electron chi connectivity index (χ2n) is 3.71. The summed E-state index contributed by atoms with van der Waals surface area (Å²) in [5, 5.41) is 0. The number of primary amides is 1. The number of hydrogen-bond acceptors (Lipinski definition) is 2. The van der Waals surface area contributed by atoms with Crippen molar-refractivity contribution in [2.24, 2.45) is 5.73 Å². The molecular weight excluding hydrogens is 192 g/mol. The minimum absolute atomic E-state index is 0.0158. The Morgan fingerprint density at radius 1 is 1.47 bits per heavy atom. The number of nitrogens with zero attached hydrogens (tertiary/aromatic N) is 1. The smallest absolute Gasteiger partial charge is 0.240 e. The Labute approximate surface area is 89.8 Å². The van der Waals surface area contributed by atoms with E-state index < -0.39 is 5.91 Å². The predicted octanol–water partition coefficient (Wildman–Crippen LogP) is 0.266. The number of nitrogens with two attached hydrogens (primary N) is 1. The van der Waals surface area contributed by atoms with Gasteiger partial charge in [-0.05, 0) is 19.3 Å².